The summed E-state index contributed by atoms with van der Waals surface area (Å²) in [5.74, 6) is 0. The number of benzene rings is 1. The smallest absolute Gasteiger partial charge is 0.292 e. The molecule has 1 aromatic rings. The Morgan fingerprint density at radius 3 is 2.67 bits per heavy atom. The van der Waals surface area contributed by atoms with Gasteiger partial charge in [-0.2, -0.15) is 0 Å². The number of aliphatic hydroxyl groups is 2. The molecule has 0 radical (unpaired) electrons. The van der Waals surface area contributed by atoms with Gasteiger partial charge in [-0.15, -0.1) is 0 Å². The minimum absolute atomic E-state index is 0.0390. The molecule has 116 valence electrons. The van der Waals surface area contributed by atoms with Crippen molar-refractivity contribution in [2.75, 3.05) is 44.2 Å². The molecule has 7 nitrogen and oxygen atoms in total. The first-order chi connectivity index (χ1) is 10.2. The van der Waals surface area contributed by atoms with Crippen LogP contribution in [0.1, 0.15) is 12.0 Å². The molecule has 0 atom stereocenters. The highest BCUT2D eigenvalue weighted by Crippen LogP contribution is 2.30. The molecular formula is C14H21N3O4. The fourth-order valence-corrected chi connectivity index (χ4v) is 2.66. The number of nitro groups is 1. The molecule has 0 aromatic heterocycles. The van der Waals surface area contributed by atoms with Crippen LogP contribution in [0.5, 0.6) is 0 Å². The van der Waals surface area contributed by atoms with Crippen LogP contribution in [0, 0.1) is 10.1 Å². The van der Waals surface area contributed by atoms with Crippen molar-refractivity contribution in [2.24, 2.45) is 0 Å². The molecule has 0 bridgehead atoms. The largest absolute Gasteiger partial charge is 0.395 e. The third kappa shape index (κ3) is 3.90. The van der Waals surface area contributed by atoms with Gasteiger partial charge in [0.2, 0.25) is 0 Å². The number of aliphatic hydroxyl groups excluding tert-OH is 2. The van der Waals surface area contributed by atoms with E-state index in [1.807, 2.05) is 4.90 Å². The van der Waals surface area contributed by atoms with E-state index < -0.39 is 4.92 Å². The third-order valence-corrected chi connectivity index (χ3v) is 3.76. The predicted octanol–water partition coefficient (Wildman–Crippen LogP) is 0.591. The van der Waals surface area contributed by atoms with Gasteiger partial charge in [-0.05, 0) is 24.6 Å². The van der Waals surface area contributed by atoms with Gasteiger partial charge in [-0.25, -0.2) is 0 Å². The Labute approximate surface area is 123 Å². The van der Waals surface area contributed by atoms with Gasteiger partial charge in [0.25, 0.3) is 5.69 Å². The fourth-order valence-electron chi connectivity index (χ4n) is 2.66. The van der Waals surface area contributed by atoms with Gasteiger partial charge in [0.1, 0.15) is 5.69 Å². The van der Waals surface area contributed by atoms with Gasteiger partial charge in [0.05, 0.1) is 18.1 Å². The van der Waals surface area contributed by atoms with Gasteiger partial charge >= 0.3 is 0 Å². The van der Waals surface area contributed by atoms with Crippen molar-refractivity contribution in [2.45, 2.75) is 13.0 Å². The van der Waals surface area contributed by atoms with Crippen molar-refractivity contribution in [3.63, 3.8) is 0 Å². The van der Waals surface area contributed by atoms with Crippen molar-refractivity contribution in [3.8, 4) is 0 Å². The standard InChI is InChI=1S/C14H21N3O4/c18-9-8-15-4-1-5-16(7-6-15)13-3-2-12(11-19)10-14(13)17(20)21/h2-3,10,18-19H,1,4-9,11H2. The number of hydrogen-bond donors (Lipinski definition) is 2. The summed E-state index contributed by atoms with van der Waals surface area (Å²) >= 11 is 0. The lowest BCUT2D eigenvalue weighted by atomic mass is 10.1. The monoisotopic (exact) mass is 295 g/mol. The SMILES string of the molecule is O=[N+]([O-])c1cc(CO)ccc1N1CCCN(CCO)CC1. The van der Waals surface area contributed by atoms with Crippen molar-refractivity contribution in [1.82, 2.24) is 4.90 Å². The fraction of sp³-hybridized carbons (Fsp3) is 0.571. The van der Waals surface area contributed by atoms with Crippen LogP contribution in [0.15, 0.2) is 18.2 Å². The maximum Gasteiger partial charge on any atom is 0.292 e. The van der Waals surface area contributed by atoms with E-state index in [1.165, 1.54) is 6.07 Å². The first-order valence-electron chi connectivity index (χ1n) is 7.12. The molecule has 1 aromatic carbocycles. The molecule has 0 amide bonds. The molecule has 0 unspecified atom stereocenters. The Bertz CT molecular complexity index is 495. The second kappa shape index (κ2) is 7.35. The van der Waals surface area contributed by atoms with E-state index in [9.17, 15) is 10.1 Å². The van der Waals surface area contributed by atoms with Gasteiger partial charge < -0.3 is 15.1 Å². The maximum atomic E-state index is 11.2. The van der Waals surface area contributed by atoms with E-state index in [0.717, 1.165) is 26.1 Å². The number of β-amino-alcohol motifs (C(OH)–C–C–N with tert-alkyl or cyclic N) is 1. The van der Waals surface area contributed by atoms with E-state index in [-0.39, 0.29) is 18.9 Å². The van der Waals surface area contributed by atoms with Crippen LogP contribution in [-0.2, 0) is 6.61 Å². The second-order valence-electron chi connectivity index (χ2n) is 5.14. The molecule has 21 heavy (non-hydrogen) atoms. The van der Waals surface area contributed by atoms with Crippen LogP contribution in [-0.4, -0.2) is 59.4 Å². The molecule has 1 fully saturated rings. The molecule has 1 aliphatic heterocycles. The lowest BCUT2D eigenvalue weighted by Crippen LogP contribution is -2.32. The predicted molar refractivity (Wildman–Crippen MR) is 79.4 cm³/mol. The Hall–Kier alpha value is -1.70. The average Bonchev–Trinajstić information content (AvgIpc) is 2.72. The van der Waals surface area contributed by atoms with E-state index >= 15 is 0 Å². The first-order valence-corrected chi connectivity index (χ1v) is 7.12. The summed E-state index contributed by atoms with van der Waals surface area (Å²) in [6.07, 6.45) is 0.902. The Kier molecular flexibility index (Phi) is 5.49. The van der Waals surface area contributed by atoms with Gasteiger partial charge in [-0.3, -0.25) is 15.0 Å². The summed E-state index contributed by atoms with van der Waals surface area (Å²) in [5, 5.41) is 29.4. The maximum absolute atomic E-state index is 11.2. The van der Waals surface area contributed by atoms with Crippen molar-refractivity contribution in [3.05, 3.63) is 33.9 Å². The van der Waals surface area contributed by atoms with Crippen LogP contribution in [0.2, 0.25) is 0 Å². The quantitative estimate of drug-likeness (QED) is 0.610. The van der Waals surface area contributed by atoms with Crippen LogP contribution in [0.25, 0.3) is 0 Å². The molecule has 0 aliphatic carbocycles. The zero-order valence-corrected chi connectivity index (χ0v) is 11.9. The highest BCUT2D eigenvalue weighted by atomic mass is 16.6. The molecule has 2 N–H and O–H groups in total. The number of rotatable bonds is 5. The molecule has 1 aliphatic rings. The molecule has 2 rings (SSSR count). The minimum Gasteiger partial charge on any atom is -0.395 e. The van der Waals surface area contributed by atoms with E-state index in [0.29, 0.717) is 24.3 Å². The summed E-state index contributed by atoms with van der Waals surface area (Å²) in [7, 11) is 0. The van der Waals surface area contributed by atoms with Crippen LogP contribution in [0.3, 0.4) is 0 Å². The second-order valence-corrected chi connectivity index (χ2v) is 5.14. The number of hydrogen-bond acceptors (Lipinski definition) is 6. The normalized spacial score (nSPS) is 16.8. The van der Waals surface area contributed by atoms with Gasteiger partial charge in [0, 0.05) is 32.2 Å². The van der Waals surface area contributed by atoms with Gasteiger partial charge in [0.15, 0.2) is 0 Å². The zero-order valence-electron chi connectivity index (χ0n) is 11.9. The van der Waals surface area contributed by atoms with Crippen molar-refractivity contribution < 1.29 is 15.1 Å². The van der Waals surface area contributed by atoms with Crippen LogP contribution >= 0.6 is 0 Å². The Morgan fingerprint density at radius 2 is 2.00 bits per heavy atom. The molecule has 0 saturated carbocycles. The van der Waals surface area contributed by atoms with Crippen molar-refractivity contribution in [1.29, 1.82) is 0 Å². The molecular weight excluding hydrogens is 274 g/mol. The number of nitro benzene ring substituents is 1. The van der Waals surface area contributed by atoms with E-state index in [4.69, 9.17) is 10.2 Å². The summed E-state index contributed by atoms with van der Waals surface area (Å²) in [4.78, 5) is 15.0. The molecule has 1 heterocycles. The topological polar surface area (TPSA) is 90.1 Å². The lowest BCUT2D eigenvalue weighted by Gasteiger charge is -2.23. The van der Waals surface area contributed by atoms with E-state index in [2.05, 4.69) is 4.90 Å². The van der Waals surface area contributed by atoms with E-state index in [1.54, 1.807) is 12.1 Å². The summed E-state index contributed by atoms with van der Waals surface area (Å²) in [6.45, 7) is 3.68. The lowest BCUT2D eigenvalue weighted by molar-refractivity contribution is -0.384. The highest BCUT2D eigenvalue weighted by Gasteiger charge is 2.22. The molecule has 0 spiro atoms. The molecule has 7 heteroatoms. The molecule has 1 saturated heterocycles. The minimum atomic E-state index is -0.398. The zero-order chi connectivity index (χ0) is 15.2. The van der Waals surface area contributed by atoms with Crippen LogP contribution < -0.4 is 4.90 Å². The van der Waals surface area contributed by atoms with Crippen molar-refractivity contribution >= 4 is 11.4 Å². The Morgan fingerprint density at radius 1 is 1.19 bits per heavy atom. The number of anilines is 1. The highest BCUT2D eigenvalue weighted by molar-refractivity contribution is 5.64. The van der Waals surface area contributed by atoms with Gasteiger partial charge in [-0.1, -0.05) is 6.07 Å². The summed E-state index contributed by atoms with van der Waals surface area (Å²) in [5.41, 5.74) is 1.18. The third-order valence-electron chi connectivity index (χ3n) is 3.76. The Balaban J connectivity index is 2.19. The average molecular weight is 295 g/mol. The summed E-state index contributed by atoms with van der Waals surface area (Å²) < 4.78 is 0. The number of nitrogens with zero attached hydrogens (tertiary/aromatic N) is 3. The first kappa shape index (κ1) is 15.7. The summed E-state index contributed by atoms with van der Waals surface area (Å²) in [6, 6.07) is 4.87. The van der Waals surface area contributed by atoms with Crippen LogP contribution in [0.4, 0.5) is 11.4 Å².